The summed E-state index contributed by atoms with van der Waals surface area (Å²) in [6, 6.07) is 25.8. The van der Waals surface area contributed by atoms with Crippen LogP contribution in [0.25, 0.3) is 28.1 Å². The summed E-state index contributed by atoms with van der Waals surface area (Å²) in [5.74, 6) is 13.0. The molecular weight excluding hydrogens is 820 g/mol. The number of ether oxygens (including phenoxy) is 2. The van der Waals surface area contributed by atoms with Crippen LogP contribution in [-0.4, -0.2) is 93.1 Å². The monoisotopic (exact) mass is 867 g/mol. The van der Waals surface area contributed by atoms with Gasteiger partial charge in [-0.2, -0.15) is 9.55 Å². The Balaban J connectivity index is 0.984. The number of rotatable bonds is 13. The van der Waals surface area contributed by atoms with Crippen molar-refractivity contribution in [1.29, 1.82) is 0 Å². The van der Waals surface area contributed by atoms with Crippen molar-refractivity contribution in [2.75, 3.05) is 33.0 Å². The first-order chi connectivity index (χ1) is 30.4. The number of nitrogens with zero attached hydrogens (tertiary/aromatic N) is 4. The van der Waals surface area contributed by atoms with Gasteiger partial charge >= 0.3 is 8.68 Å². The molecule has 0 amide bonds. The lowest BCUT2D eigenvalue weighted by Crippen LogP contribution is -2.57. The maximum absolute atomic E-state index is 15.2. The summed E-state index contributed by atoms with van der Waals surface area (Å²) >= 11 is 0. The zero-order valence-electron chi connectivity index (χ0n) is 34.9. The van der Waals surface area contributed by atoms with Crippen LogP contribution in [0.1, 0.15) is 66.4 Å². The van der Waals surface area contributed by atoms with Crippen molar-refractivity contribution in [1.82, 2.24) is 14.1 Å². The van der Waals surface area contributed by atoms with Crippen LogP contribution in [0.4, 0.5) is 4.39 Å². The molecule has 2 aliphatic rings. The Kier molecular flexibility index (Phi) is 12.9. The normalized spacial score (nSPS) is 17.8. The Labute approximate surface area is 366 Å². The SMILES string of the molecule is C[C@H](O)c1nc(-n2cc[n+]([C@@H](C#Cc3ccc(-c4ccc([C@@H]5COC[C@H]5O)cc4F)cc3)CO)c2[Si](C)=O)cn1[C@@H](C#Cc1ccc(-c2ccc(OCC3(O)CC3)cc2)cc1)CO. The molecule has 5 atom stereocenters. The molecule has 2 aromatic heterocycles. The number of aliphatic hydroxyl groups is 5. The molecule has 6 aromatic rings. The molecule has 0 bridgehead atoms. The molecule has 1 saturated heterocycles. The van der Waals surface area contributed by atoms with Crippen LogP contribution in [0.15, 0.2) is 110 Å². The van der Waals surface area contributed by atoms with Crippen LogP contribution in [0.2, 0.25) is 6.55 Å². The smallest absolute Gasteiger partial charge is 0.407 e. The third kappa shape index (κ3) is 9.78. The Morgan fingerprint density at radius 3 is 2.16 bits per heavy atom. The summed E-state index contributed by atoms with van der Waals surface area (Å²) < 4.78 is 44.5. The van der Waals surface area contributed by atoms with E-state index in [1.165, 1.54) is 6.07 Å². The Morgan fingerprint density at radius 1 is 0.937 bits per heavy atom. The van der Waals surface area contributed by atoms with Gasteiger partial charge in [-0.15, -0.1) is 0 Å². The van der Waals surface area contributed by atoms with E-state index in [2.05, 4.69) is 28.7 Å². The van der Waals surface area contributed by atoms with Gasteiger partial charge in [0.15, 0.2) is 6.04 Å². The maximum atomic E-state index is 15.2. The largest absolute Gasteiger partial charge is 0.491 e. The van der Waals surface area contributed by atoms with Crippen LogP contribution in [0, 0.1) is 29.5 Å². The Hall–Kier alpha value is -6.07. The lowest BCUT2D eigenvalue weighted by molar-refractivity contribution is -0.694. The van der Waals surface area contributed by atoms with E-state index >= 15 is 4.39 Å². The zero-order valence-corrected chi connectivity index (χ0v) is 35.9. The number of hydrogen-bond acceptors (Lipinski definition) is 9. The van der Waals surface area contributed by atoms with Crippen LogP contribution in [0.5, 0.6) is 5.75 Å². The second-order valence-electron chi connectivity index (χ2n) is 16.1. The molecule has 2 fully saturated rings. The molecule has 14 heteroatoms. The molecule has 12 nitrogen and oxygen atoms in total. The van der Waals surface area contributed by atoms with Crippen LogP contribution in [-0.2, 0) is 9.20 Å². The lowest BCUT2D eigenvalue weighted by Gasteiger charge is -2.14. The summed E-state index contributed by atoms with van der Waals surface area (Å²) in [6.07, 6.45) is 4.81. The highest BCUT2D eigenvalue weighted by molar-refractivity contribution is 6.55. The first-order valence-electron chi connectivity index (χ1n) is 20.8. The molecule has 8 rings (SSSR count). The van der Waals surface area contributed by atoms with E-state index < -0.39 is 44.4 Å². The Bertz CT molecular complexity index is 2720. The molecule has 5 N–H and O–H groups in total. The first-order valence-corrected chi connectivity index (χ1v) is 22.7. The van der Waals surface area contributed by atoms with Crippen molar-refractivity contribution in [3.8, 4) is 57.5 Å². The van der Waals surface area contributed by atoms with Crippen molar-refractivity contribution in [3.63, 3.8) is 0 Å². The number of hydrogen-bond donors (Lipinski definition) is 5. The minimum absolute atomic E-state index is 0.233. The third-order valence-corrected chi connectivity index (χ3v) is 12.5. The van der Waals surface area contributed by atoms with Crippen LogP contribution in [0.3, 0.4) is 0 Å². The van der Waals surface area contributed by atoms with Gasteiger partial charge in [0.05, 0.1) is 44.3 Å². The zero-order chi connectivity index (χ0) is 44.3. The van der Waals surface area contributed by atoms with E-state index in [1.54, 1.807) is 82.2 Å². The fraction of sp³-hybridized carbons (Fsp3) is 0.306. The molecule has 3 heterocycles. The molecule has 4 aromatic carbocycles. The summed E-state index contributed by atoms with van der Waals surface area (Å²) in [7, 11) is -2.45. The number of aliphatic hydroxyl groups excluding tert-OH is 4. The van der Waals surface area contributed by atoms with Gasteiger partial charge in [-0.1, -0.05) is 66.3 Å². The number of aromatic nitrogens is 4. The van der Waals surface area contributed by atoms with Crippen molar-refractivity contribution < 1.29 is 48.4 Å². The number of benzene rings is 4. The Morgan fingerprint density at radius 2 is 1.59 bits per heavy atom. The van der Waals surface area contributed by atoms with Crippen molar-refractivity contribution in [2.24, 2.45) is 0 Å². The summed E-state index contributed by atoms with van der Waals surface area (Å²) in [5, 5.41) is 52.0. The summed E-state index contributed by atoms with van der Waals surface area (Å²) in [4.78, 5) is 4.68. The molecule has 0 spiro atoms. The van der Waals surface area contributed by atoms with E-state index in [4.69, 9.17) is 9.47 Å². The summed E-state index contributed by atoms with van der Waals surface area (Å²) in [6.45, 7) is 3.25. The van der Waals surface area contributed by atoms with Crippen molar-refractivity contribution in [2.45, 2.75) is 62.1 Å². The topological polar surface area (TPSA) is 163 Å². The second kappa shape index (κ2) is 18.7. The second-order valence-corrected chi connectivity index (χ2v) is 17.6. The van der Waals surface area contributed by atoms with Gasteiger partial charge in [0.1, 0.15) is 48.5 Å². The fourth-order valence-corrected chi connectivity index (χ4v) is 8.71. The van der Waals surface area contributed by atoms with E-state index in [0.717, 1.165) is 29.5 Å². The molecule has 0 unspecified atom stereocenters. The van der Waals surface area contributed by atoms with Crippen LogP contribution < -0.4 is 14.8 Å². The van der Waals surface area contributed by atoms with E-state index in [-0.39, 0.29) is 38.2 Å². The fourth-order valence-electron chi connectivity index (χ4n) is 7.59. The quantitative estimate of drug-likeness (QED) is 0.0648. The highest BCUT2D eigenvalue weighted by atomic mass is 28.3. The average Bonchev–Trinajstić information content (AvgIpc) is 3.61. The minimum Gasteiger partial charge on any atom is -0.491 e. The molecule has 1 aliphatic carbocycles. The van der Waals surface area contributed by atoms with Crippen molar-refractivity contribution >= 4 is 14.1 Å². The van der Waals surface area contributed by atoms with Crippen LogP contribution >= 0.6 is 0 Å². The molecule has 1 saturated carbocycles. The minimum atomic E-state index is -2.45. The third-order valence-electron chi connectivity index (χ3n) is 11.4. The molecular formula is C49H48FN4O8Si+. The maximum Gasteiger partial charge on any atom is 0.407 e. The highest BCUT2D eigenvalue weighted by Crippen LogP contribution is 2.36. The van der Waals surface area contributed by atoms with E-state index in [1.807, 2.05) is 48.5 Å². The number of halogens is 1. The predicted octanol–water partition coefficient (Wildman–Crippen LogP) is 4.30. The number of imidazole rings is 2. The van der Waals surface area contributed by atoms with Crippen molar-refractivity contribution in [3.05, 3.63) is 138 Å². The van der Waals surface area contributed by atoms with Gasteiger partial charge in [0.25, 0.3) is 5.45 Å². The van der Waals surface area contributed by atoms with Gasteiger partial charge in [-0.3, -0.25) is 0 Å². The standard InChI is InChI=1S/C49H48FN4O8Si/c1-32(57)47-51-46(26-54(47)40(28-56)17-8-33-3-9-35(10-4-33)36-13-18-41(19-14-36)62-31-49(59)21-22-49)53-24-23-52(48(53)63(2)60)39(27-55)16-7-34-5-11-37(12-6-34)42-20-15-38(25-44(42)50)43-29-61-30-45(43)58/h3-6,9-15,18-20,23-26,32,39-40,43,45,55-59H,21-22,27-31H2,1-2H3/q+1/t32-,39-,40-,43-,45+/m0/s1. The van der Waals surface area contributed by atoms with E-state index in [0.29, 0.717) is 45.9 Å². The summed E-state index contributed by atoms with van der Waals surface area (Å²) in [5.41, 5.74) is 4.74. The highest BCUT2D eigenvalue weighted by Gasteiger charge is 2.41. The average molecular weight is 868 g/mol. The van der Waals surface area contributed by atoms with Gasteiger partial charge in [0, 0.05) is 22.6 Å². The lowest BCUT2D eigenvalue weighted by atomic mass is 9.93. The van der Waals surface area contributed by atoms with E-state index in [9.17, 15) is 30.0 Å². The molecule has 0 radical (unpaired) electrons. The molecule has 1 aliphatic heterocycles. The molecule has 63 heavy (non-hydrogen) atoms. The molecule has 322 valence electrons. The van der Waals surface area contributed by atoms with Gasteiger partial charge in [-0.05, 0) is 97.0 Å². The van der Waals surface area contributed by atoms with Gasteiger partial charge in [0.2, 0.25) is 5.82 Å². The first kappa shape index (κ1) is 43.6. The predicted molar refractivity (Wildman–Crippen MR) is 233 cm³/mol. The van der Waals surface area contributed by atoms with Gasteiger partial charge < -0.3 is 44.0 Å². The van der Waals surface area contributed by atoms with Gasteiger partial charge in [-0.25, -0.2) is 8.96 Å².